The van der Waals surface area contributed by atoms with E-state index in [0.29, 0.717) is 25.5 Å². The molecule has 1 heterocycles. The average Bonchev–Trinajstić information content (AvgIpc) is 2.78. The molecule has 0 aliphatic rings. The number of H-pyrrole nitrogens is 1. The summed E-state index contributed by atoms with van der Waals surface area (Å²) in [5.74, 6) is -2.95. The first-order valence-corrected chi connectivity index (χ1v) is 11.4. The van der Waals surface area contributed by atoms with Crippen molar-refractivity contribution in [2.45, 2.75) is 58.9 Å². The van der Waals surface area contributed by atoms with Crippen LogP contribution in [0.4, 0.5) is 20.3 Å². The highest BCUT2D eigenvalue weighted by Crippen LogP contribution is 2.19. The van der Waals surface area contributed by atoms with Gasteiger partial charge in [0, 0.05) is 32.1 Å². The molecule has 4 N–H and O–H groups in total. The number of benzene rings is 1. The maximum absolute atomic E-state index is 13.7. The Balaban J connectivity index is 2.12. The molecule has 0 atom stereocenters. The fourth-order valence-electron chi connectivity index (χ4n) is 3.40. The zero-order chi connectivity index (χ0) is 25.3. The van der Waals surface area contributed by atoms with Gasteiger partial charge in [0.2, 0.25) is 5.91 Å². The molecule has 0 radical (unpaired) electrons. The Labute approximate surface area is 196 Å². The summed E-state index contributed by atoms with van der Waals surface area (Å²) >= 11 is 0. The van der Waals surface area contributed by atoms with Crippen molar-refractivity contribution < 1.29 is 18.4 Å². The topological polar surface area (TPSA) is 130 Å². The van der Waals surface area contributed by atoms with Gasteiger partial charge in [-0.15, -0.1) is 0 Å². The van der Waals surface area contributed by atoms with Gasteiger partial charge in [-0.05, 0) is 31.4 Å². The number of nitrogen functional groups attached to an aromatic ring is 1. The Morgan fingerprint density at radius 2 is 1.82 bits per heavy atom. The predicted molar refractivity (Wildman–Crippen MR) is 126 cm³/mol. The van der Waals surface area contributed by atoms with Crippen molar-refractivity contribution in [3.8, 4) is 0 Å². The summed E-state index contributed by atoms with van der Waals surface area (Å²) in [5.41, 5.74) is 4.42. The normalized spacial score (nSPS) is 10.8. The van der Waals surface area contributed by atoms with E-state index in [-0.39, 0.29) is 43.0 Å². The fraction of sp³-hybridized carbons (Fsp3) is 0.478. The molecule has 34 heavy (non-hydrogen) atoms. The minimum atomic E-state index is -0.979. The standard InChI is InChI=1S/C23H31F2N5O4/c1-3-5-12-29(19-20(26)30(13-6-4-2)23(34)28-22(19)33)18(31)8-7-11-27-21(32)16-10-9-15(24)14-17(16)25/h9-10,14H,3-8,11-13,26H2,1-2H3,(H,27,32)(H,28,33,34). The van der Waals surface area contributed by atoms with Gasteiger partial charge < -0.3 is 16.0 Å². The van der Waals surface area contributed by atoms with E-state index in [2.05, 4.69) is 10.3 Å². The summed E-state index contributed by atoms with van der Waals surface area (Å²) in [4.78, 5) is 53.4. The van der Waals surface area contributed by atoms with Gasteiger partial charge in [0.15, 0.2) is 5.69 Å². The van der Waals surface area contributed by atoms with E-state index in [1.165, 1.54) is 9.47 Å². The van der Waals surface area contributed by atoms with Gasteiger partial charge in [-0.1, -0.05) is 26.7 Å². The van der Waals surface area contributed by atoms with E-state index in [1.807, 2.05) is 13.8 Å². The number of halogens is 2. The molecule has 0 saturated heterocycles. The molecule has 0 fully saturated rings. The van der Waals surface area contributed by atoms with Gasteiger partial charge in [-0.3, -0.25) is 23.9 Å². The summed E-state index contributed by atoms with van der Waals surface area (Å²) < 4.78 is 28.0. The van der Waals surface area contributed by atoms with Crippen LogP contribution in [0.1, 0.15) is 62.7 Å². The van der Waals surface area contributed by atoms with Crippen LogP contribution in [0.5, 0.6) is 0 Å². The van der Waals surface area contributed by atoms with E-state index in [1.54, 1.807) is 0 Å². The molecule has 1 aromatic heterocycles. The molecule has 0 bridgehead atoms. The van der Waals surface area contributed by atoms with Gasteiger partial charge in [0.25, 0.3) is 11.5 Å². The first kappa shape index (κ1) is 26.7. The fourth-order valence-corrected chi connectivity index (χ4v) is 3.40. The van der Waals surface area contributed by atoms with Crippen LogP contribution in [0, 0.1) is 11.6 Å². The number of nitrogens with two attached hydrogens (primary N) is 1. The van der Waals surface area contributed by atoms with Crippen molar-refractivity contribution in [1.82, 2.24) is 14.9 Å². The molecule has 0 spiro atoms. The van der Waals surface area contributed by atoms with E-state index in [4.69, 9.17) is 5.73 Å². The number of nitrogens with zero attached hydrogens (tertiary/aromatic N) is 2. The smallest absolute Gasteiger partial charge is 0.330 e. The highest BCUT2D eigenvalue weighted by atomic mass is 19.1. The lowest BCUT2D eigenvalue weighted by atomic mass is 10.2. The summed E-state index contributed by atoms with van der Waals surface area (Å²) in [6, 6.07) is 2.64. The molecule has 1 aromatic carbocycles. The number of unbranched alkanes of at least 4 members (excludes halogenated alkanes) is 2. The van der Waals surface area contributed by atoms with Crippen LogP contribution in [0.15, 0.2) is 27.8 Å². The van der Waals surface area contributed by atoms with Crippen LogP contribution < -0.4 is 27.2 Å². The van der Waals surface area contributed by atoms with Gasteiger partial charge in [-0.2, -0.15) is 0 Å². The summed E-state index contributed by atoms with van der Waals surface area (Å²) in [5, 5.41) is 2.49. The zero-order valence-electron chi connectivity index (χ0n) is 19.5. The van der Waals surface area contributed by atoms with Crippen LogP contribution in [-0.4, -0.2) is 34.5 Å². The number of hydrogen-bond donors (Lipinski definition) is 3. The number of rotatable bonds is 12. The number of carbonyl (C=O) groups excluding carboxylic acids is 2. The summed E-state index contributed by atoms with van der Waals surface area (Å²) in [6.45, 7) is 4.50. The number of amides is 2. The number of anilines is 2. The van der Waals surface area contributed by atoms with Crippen molar-refractivity contribution in [3.05, 3.63) is 56.2 Å². The molecule has 186 valence electrons. The summed E-state index contributed by atoms with van der Waals surface area (Å²) in [7, 11) is 0. The third-order valence-electron chi connectivity index (χ3n) is 5.28. The molecule has 2 aromatic rings. The third-order valence-corrected chi connectivity index (χ3v) is 5.28. The Bertz CT molecular complexity index is 1130. The quantitative estimate of drug-likeness (QED) is 0.403. The van der Waals surface area contributed by atoms with Crippen LogP contribution in [0.2, 0.25) is 0 Å². The van der Waals surface area contributed by atoms with E-state index in [0.717, 1.165) is 25.0 Å². The summed E-state index contributed by atoms with van der Waals surface area (Å²) in [6.07, 6.45) is 3.04. The molecular weight excluding hydrogens is 448 g/mol. The van der Waals surface area contributed by atoms with Crippen LogP contribution in [-0.2, 0) is 11.3 Å². The van der Waals surface area contributed by atoms with E-state index < -0.39 is 34.7 Å². The first-order valence-electron chi connectivity index (χ1n) is 11.4. The Hall–Kier alpha value is -3.50. The lowest BCUT2D eigenvalue weighted by molar-refractivity contribution is -0.118. The lowest BCUT2D eigenvalue weighted by Gasteiger charge is -2.24. The maximum Gasteiger partial charge on any atom is 0.330 e. The number of aromatic amines is 1. The minimum Gasteiger partial charge on any atom is -0.383 e. The lowest BCUT2D eigenvalue weighted by Crippen LogP contribution is -2.41. The molecule has 0 unspecified atom stereocenters. The van der Waals surface area contributed by atoms with Crippen molar-refractivity contribution in [1.29, 1.82) is 0 Å². The van der Waals surface area contributed by atoms with Gasteiger partial charge in [0.05, 0.1) is 5.56 Å². The van der Waals surface area contributed by atoms with Crippen molar-refractivity contribution in [2.75, 3.05) is 23.7 Å². The van der Waals surface area contributed by atoms with E-state index in [9.17, 15) is 28.0 Å². The molecule has 0 saturated carbocycles. The van der Waals surface area contributed by atoms with Crippen molar-refractivity contribution in [2.24, 2.45) is 0 Å². The van der Waals surface area contributed by atoms with Crippen LogP contribution in [0.3, 0.4) is 0 Å². The number of nitrogens with one attached hydrogen (secondary N) is 2. The van der Waals surface area contributed by atoms with Crippen LogP contribution in [0.25, 0.3) is 0 Å². The molecule has 0 aliphatic carbocycles. The second-order valence-electron chi connectivity index (χ2n) is 7.88. The molecule has 11 heteroatoms. The molecule has 2 rings (SSSR count). The Morgan fingerprint density at radius 3 is 2.47 bits per heavy atom. The number of hydrogen-bond acceptors (Lipinski definition) is 5. The van der Waals surface area contributed by atoms with Crippen LogP contribution >= 0.6 is 0 Å². The molecule has 9 nitrogen and oxygen atoms in total. The van der Waals surface area contributed by atoms with Gasteiger partial charge in [-0.25, -0.2) is 13.6 Å². The second-order valence-corrected chi connectivity index (χ2v) is 7.88. The third kappa shape index (κ3) is 6.75. The first-order chi connectivity index (χ1) is 16.2. The average molecular weight is 480 g/mol. The SMILES string of the molecule is CCCCN(C(=O)CCCNC(=O)c1ccc(F)cc1F)c1c(N)n(CCCC)c(=O)[nH]c1=O. The van der Waals surface area contributed by atoms with Crippen molar-refractivity contribution in [3.63, 3.8) is 0 Å². The van der Waals surface area contributed by atoms with Crippen molar-refractivity contribution >= 4 is 23.3 Å². The Morgan fingerprint density at radius 1 is 1.12 bits per heavy atom. The molecule has 0 aliphatic heterocycles. The zero-order valence-corrected chi connectivity index (χ0v) is 19.5. The van der Waals surface area contributed by atoms with Gasteiger partial charge in [0.1, 0.15) is 17.5 Å². The highest BCUT2D eigenvalue weighted by Gasteiger charge is 2.23. The number of aromatic nitrogens is 2. The van der Waals surface area contributed by atoms with Gasteiger partial charge >= 0.3 is 5.69 Å². The molecule has 2 amide bonds. The Kier molecular flexibility index (Phi) is 9.96. The second kappa shape index (κ2) is 12.7. The largest absolute Gasteiger partial charge is 0.383 e. The monoisotopic (exact) mass is 479 g/mol. The highest BCUT2D eigenvalue weighted by molar-refractivity contribution is 5.96. The maximum atomic E-state index is 13.7. The molecular formula is C23H31F2N5O4. The predicted octanol–water partition coefficient (Wildman–Crippen LogP) is 2.54. The van der Waals surface area contributed by atoms with E-state index >= 15 is 0 Å². The number of carbonyl (C=O) groups is 2. The minimum absolute atomic E-state index is 0.0249.